The predicted molar refractivity (Wildman–Crippen MR) is 86.6 cm³/mol. The molecule has 0 fully saturated rings. The topological polar surface area (TPSA) is 85.4 Å². The molecule has 110 valence electrons. The molecule has 0 bridgehead atoms. The fourth-order valence-corrected chi connectivity index (χ4v) is 2.37. The summed E-state index contributed by atoms with van der Waals surface area (Å²) in [5, 5.41) is 14.6. The lowest BCUT2D eigenvalue weighted by Gasteiger charge is -2.09. The number of anilines is 2. The number of rotatable bonds is 3. The van der Waals surface area contributed by atoms with Crippen molar-refractivity contribution in [3.05, 3.63) is 73.5 Å². The summed E-state index contributed by atoms with van der Waals surface area (Å²) in [7, 11) is 0. The number of hydrogen-bond acceptors (Lipinski definition) is 5. The lowest BCUT2D eigenvalue weighted by atomic mass is 10.1. The molecule has 6 nitrogen and oxygen atoms in total. The molecule has 0 spiro atoms. The number of halogens is 1. The van der Waals surface area contributed by atoms with Gasteiger partial charge in [0.25, 0.3) is 0 Å². The van der Waals surface area contributed by atoms with E-state index in [1.165, 1.54) is 0 Å². The van der Waals surface area contributed by atoms with Crippen LogP contribution in [0.3, 0.4) is 0 Å². The lowest BCUT2D eigenvalue weighted by Crippen LogP contribution is -2.10. The quantitative estimate of drug-likeness (QED) is 0.429. The van der Waals surface area contributed by atoms with Gasteiger partial charge in [-0.25, -0.2) is 4.79 Å². The zero-order chi connectivity index (χ0) is 15.7. The minimum atomic E-state index is -0.983. The van der Waals surface area contributed by atoms with E-state index in [9.17, 15) is 14.9 Å². The number of nitrogens with zero attached hydrogens (tertiary/aromatic N) is 1. The van der Waals surface area contributed by atoms with Gasteiger partial charge in [0.1, 0.15) is 11.3 Å². The van der Waals surface area contributed by atoms with Crippen LogP contribution in [0.1, 0.15) is 0 Å². The van der Waals surface area contributed by atoms with Crippen molar-refractivity contribution in [3.8, 4) is 0 Å². The van der Waals surface area contributed by atoms with Gasteiger partial charge >= 0.3 is 11.3 Å². The summed E-state index contributed by atoms with van der Waals surface area (Å²) in [6.45, 7) is 0. The van der Waals surface area contributed by atoms with Gasteiger partial charge in [-0.05, 0) is 36.4 Å². The Kier molecular flexibility index (Phi) is 3.64. The van der Waals surface area contributed by atoms with Crippen molar-refractivity contribution in [1.29, 1.82) is 0 Å². The fraction of sp³-hybridized carbons (Fsp3) is 0. The lowest BCUT2D eigenvalue weighted by molar-refractivity contribution is -0.386. The summed E-state index contributed by atoms with van der Waals surface area (Å²) in [5.74, 6) is 0. The first-order chi connectivity index (χ1) is 10.6. The highest BCUT2D eigenvalue weighted by Crippen LogP contribution is 2.32. The zero-order valence-corrected chi connectivity index (χ0v) is 12.7. The van der Waals surface area contributed by atoms with Crippen molar-refractivity contribution >= 4 is 44.0 Å². The van der Waals surface area contributed by atoms with Gasteiger partial charge in [-0.3, -0.25) is 10.1 Å². The summed E-state index contributed by atoms with van der Waals surface area (Å²) < 4.78 is 5.89. The minimum absolute atomic E-state index is 0.124. The van der Waals surface area contributed by atoms with E-state index in [0.29, 0.717) is 11.1 Å². The van der Waals surface area contributed by atoms with Crippen molar-refractivity contribution in [2.45, 2.75) is 0 Å². The van der Waals surface area contributed by atoms with Crippen LogP contribution >= 0.6 is 15.9 Å². The van der Waals surface area contributed by atoms with Crippen LogP contribution in [0.5, 0.6) is 0 Å². The molecule has 0 amide bonds. The number of para-hydroxylation sites is 1. The number of nitro groups is 1. The molecule has 22 heavy (non-hydrogen) atoms. The highest BCUT2D eigenvalue weighted by Gasteiger charge is 2.24. The Balaban J connectivity index is 2.25. The van der Waals surface area contributed by atoms with E-state index in [2.05, 4.69) is 21.2 Å². The first-order valence-corrected chi connectivity index (χ1v) is 7.08. The summed E-state index contributed by atoms with van der Waals surface area (Å²) in [5.41, 5.74) is -0.552. The molecule has 0 saturated carbocycles. The van der Waals surface area contributed by atoms with Crippen LogP contribution in [0, 0.1) is 10.1 Å². The van der Waals surface area contributed by atoms with Crippen molar-refractivity contribution in [2.75, 3.05) is 5.32 Å². The third kappa shape index (κ3) is 2.58. The van der Waals surface area contributed by atoms with Crippen LogP contribution in [0.4, 0.5) is 17.1 Å². The Labute approximate surface area is 132 Å². The number of hydrogen-bond donors (Lipinski definition) is 1. The van der Waals surface area contributed by atoms with Crippen LogP contribution in [0.15, 0.2) is 62.2 Å². The average molecular weight is 361 g/mol. The molecule has 0 atom stereocenters. The second-order valence-corrected chi connectivity index (χ2v) is 5.41. The van der Waals surface area contributed by atoms with Crippen molar-refractivity contribution in [2.24, 2.45) is 0 Å². The Hall–Kier alpha value is -2.67. The van der Waals surface area contributed by atoms with Crippen LogP contribution in [-0.4, -0.2) is 4.92 Å². The number of nitrogens with one attached hydrogen (secondary N) is 1. The van der Waals surface area contributed by atoms with E-state index >= 15 is 0 Å². The molecule has 1 heterocycles. The van der Waals surface area contributed by atoms with Crippen molar-refractivity contribution < 1.29 is 9.34 Å². The third-order valence-corrected chi connectivity index (χ3v) is 3.61. The Morgan fingerprint density at radius 1 is 1.09 bits per heavy atom. The van der Waals surface area contributed by atoms with E-state index in [4.69, 9.17) is 4.42 Å². The average Bonchev–Trinajstić information content (AvgIpc) is 2.49. The molecule has 3 aromatic rings. The SMILES string of the molecule is O=c1oc2ccccc2c(Nc2ccc(Br)cc2)c1[N+](=O)[O-]. The molecule has 1 N–H and O–H groups in total. The summed E-state index contributed by atoms with van der Waals surface area (Å²) in [6.07, 6.45) is 0. The van der Waals surface area contributed by atoms with Crippen molar-refractivity contribution in [3.63, 3.8) is 0 Å². The highest BCUT2D eigenvalue weighted by molar-refractivity contribution is 9.10. The standard InChI is InChI=1S/C15H9BrN2O4/c16-9-5-7-10(8-6-9)17-13-11-3-1-2-4-12(11)22-15(19)14(13)18(20)21/h1-8,17H. The van der Waals surface area contributed by atoms with E-state index in [0.717, 1.165) is 4.47 Å². The summed E-state index contributed by atoms with van der Waals surface area (Å²) in [6, 6.07) is 13.7. The molecule has 3 rings (SSSR count). The van der Waals surface area contributed by atoms with Crippen LogP contribution in [0.25, 0.3) is 11.0 Å². The fourth-order valence-electron chi connectivity index (χ4n) is 2.11. The maximum Gasteiger partial charge on any atom is 0.417 e. The maximum atomic E-state index is 11.9. The van der Waals surface area contributed by atoms with Crippen LogP contribution in [0.2, 0.25) is 0 Å². The van der Waals surface area contributed by atoms with E-state index in [-0.39, 0.29) is 11.3 Å². The summed E-state index contributed by atoms with van der Waals surface area (Å²) in [4.78, 5) is 22.4. The smallest absolute Gasteiger partial charge is 0.417 e. The van der Waals surface area contributed by atoms with Gasteiger partial charge < -0.3 is 9.73 Å². The Morgan fingerprint density at radius 2 is 1.77 bits per heavy atom. The normalized spacial score (nSPS) is 10.6. The Bertz CT molecular complexity index is 919. The predicted octanol–water partition coefficient (Wildman–Crippen LogP) is 4.21. The molecule has 0 aliphatic rings. The first-order valence-electron chi connectivity index (χ1n) is 6.29. The van der Waals surface area contributed by atoms with E-state index < -0.39 is 16.2 Å². The molecular formula is C15H9BrN2O4. The van der Waals surface area contributed by atoms with Gasteiger partial charge in [-0.2, -0.15) is 0 Å². The highest BCUT2D eigenvalue weighted by atomic mass is 79.9. The largest absolute Gasteiger partial charge is 0.418 e. The summed E-state index contributed by atoms with van der Waals surface area (Å²) >= 11 is 3.32. The second-order valence-electron chi connectivity index (χ2n) is 4.50. The molecule has 0 saturated heterocycles. The molecule has 0 radical (unpaired) electrons. The van der Waals surface area contributed by atoms with Gasteiger partial charge in [0.05, 0.1) is 4.92 Å². The zero-order valence-electron chi connectivity index (χ0n) is 11.1. The third-order valence-electron chi connectivity index (χ3n) is 3.09. The molecule has 1 aromatic heterocycles. The van der Waals surface area contributed by atoms with E-state index in [1.54, 1.807) is 48.5 Å². The number of fused-ring (bicyclic) bond motifs is 1. The molecule has 0 aliphatic heterocycles. The molecule has 7 heteroatoms. The molecule has 0 aliphatic carbocycles. The van der Waals surface area contributed by atoms with Gasteiger partial charge in [0, 0.05) is 15.5 Å². The van der Waals surface area contributed by atoms with Gasteiger partial charge in [-0.15, -0.1) is 0 Å². The maximum absolute atomic E-state index is 11.9. The molecule has 2 aromatic carbocycles. The number of benzene rings is 2. The minimum Gasteiger partial charge on any atom is -0.418 e. The van der Waals surface area contributed by atoms with Gasteiger partial charge in [0.15, 0.2) is 0 Å². The second kappa shape index (κ2) is 5.61. The molecule has 0 unspecified atom stereocenters. The Morgan fingerprint density at radius 3 is 2.45 bits per heavy atom. The monoisotopic (exact) mass is 360 g/mol. The van der Waals surface area contributed by atoms with Crippen LogP contribution in [-0.2, 0) is 0 Å². The van der Waals surface area contributed by atoms with Gasteiger partial charge in [-0.1, -0.05) is 28.1 Å². The van der Waals surface area contributed by atoms with E-state index in [1.807, 2.05) is 0 Å². The van der Waals surface area contributed by atoms with Crippen LogP contribution < -0.4 is 10.9 Å². The van der Waals surface area contributed by atoms with Crippen molar-refractivity contribution in [1.82, 2.24) is 0 Å². The molecular weight excluding hydrogens is 352 g/mol. The van der Waals surface area contributed by atoms with Gasteiger partial charge in [0.2, 0.25) is 0 Å². The first kappa shape index (κ1) is 14.3.